The Hall–Kier alpha value is -2.71. The number of hydrogen-bond donors (Lipinski definition) is 1. The zero-order valence-corrected chi connectivity index (χ0v) is 20.5. The quantitative estimate of drug-likeness (QED) is 0.518. The molecule has 1 aliphatic rings. The molecule has 1 N–H and O–H groups in total. The number of imidazole rings is 1. The summed E-state index contributed by atoms with van der Waals surface area (Å²) in [6.07, 6.45) is 3.11. The minimum absolute atomic E-state index is 0.0121. The van der Waals surface area contributed by atoms with Crippen LogP contribution in [0.1, 0.15) is 49.2 Å². The summed E-state index contributed by atoms with van der Waals surface area (Å²) in [6.45, 7) is 4.78. The molecule has 2 aromatic carbocycles. The Labute approximate surface area is 195 Å². The van der Waals surface area contributed by atoms with Crippen molar-refractivity contribution < 1.29 is 13.2 Å². The lowest BCUT2D eigenvalue weighted by Crippen LogP contribution is -2.30. The van der Waals surface area contributed by atoms with Crippen LogP contribution in [0.15, 0.2) is 47.4 Å². The lowest BCUT2D eigenvalue weighted by Gasteiger charge is -2.19. The van der Waals surface area contributed by atoms with Gasteiger partial charge in [-0.2, -0.15) is 0 Å². The molecule has 33 heavy (non-hydrogen) atoms. The number of benzene rings is 2. The minimum atomic E-state index is -3.53. The molecule has 0 saturated heterocycles. The first kappa shape index (κ1) is 23.4. The lowest BCUT2D eigenvalue weighted by molar-refractivity contribution is -0.122. The lowest BCUT2D eigenvalue weighted by atomic mass is 10.0. The van der Waals surface area contributed by atoms with Gasteiger partial charge in [0.15, 0.2) is 0 Å². The number of aromatic nitrogens is 2. The molecule has 3 aromatic rings. The van der Waals surface area contributed by atoms with Crippen LogP contribution < -0.4 is 5.32 Å². The van der Waals surface area contributed by atoms with Crippen molar-refractivity contribution >= 4 is 27.0 Å². The van der Waals surface area contributed by atoms with Crippen LogP contribution >= 0.6 is 0 Å². The van der Waals surface area contributed by atoms with E-state index in [0.717, 1.165) is 29.7 Å². The molecule has 1 aromatic heterocycles. The molecule has 1 saturated carbocycles. The summed E-state index contributed by atoms with van der Waals surface area (Å²) in [7, 11) is -0.502. The van der Waals surface area contributed by atoms with Crippen molar-refractivity contribution in [1.29, 1.82) is 0 Å². The number of hydrogen-bond acceptors (Lipinski definition) is 4. The van der Waals surface area contributed by atoms with Crippen LogP contribution in [-0.4, -0.2) is 42.3 Å². The summed E-state index contributed by atoms with van der Waals surface area (Å²) in [5.41, 5.74) is 3.87. The van der Waals surface area contributed by atoms with E-state index >= 15 is 0 Å². The standard InChI is InChI=1S/C25H32N4O3S/c1-5-29-22-13-12-20(33(31,32)28(3)4)16-21(22)26-23(29)14-15-24(30)27-25(19-10-11-19)18-8-6-17(2)7-9-18/h6-9,12-13,16,19,25H,5,10-11,14-15H2,1-4H3,(H,27,30). The molecule has 176 valence electrons. The molecular formula is C25H32N4O3S. The Morgan fingerprint density at radius 1 is 1.18 bits per heavy atom. The first-order valence-corrected chi connectivity index (χ1v) is 12.9. The van der Waals surface area contributed by atoms with Crippen molar-refractivity contribution in [2.24, 2.45) is 5.92 Å². The summed E-state index contributed by atoms with van der Waals surface area (Å²) in [6, 6.07) is 13.5. The van der Waals surface area contributed by atoms with Gasteiger partial charge in [0.1, 0.15) is 5.82 Å². The fourth-order valence-electron chi connectivity index (χ4n) is 4.22. The highest BCUT2D eigenvalue weighted by Gasteiger charge is 2.33. The number of nitrogens with zero attached hydrogens (tertiary/aromatic N) is 3. The predicted octanol–water partition coefficient (Wildman–Crippen LogP) is 3.82. The van der Waals surface area contributed by atoms with Crippen molar-refractivity contribution in [1.82, 2.24) is 19.2 Å². The van der Waals surface area contributed by atoms with E-state index in [-0.39, 0.29) is 16.8 Å². The molecule has 1 amide bonds. The van der Waals surface area contributed by atoms with Gasteiger partial charge < -0.3 is 9.88 Å². The Kier molecular flexibility index (Phi) is 6.59. The number of amides is 1. The molecule has 0 radical (unpaired) electrons. The zero-order valence-electron chi connectivity index (χ0n) is 19.7. The summed E-state index contributed by atoms with van der Waals surface area (Å²) in [5.74, 6) is 1.31. The maximum Gasteiger partial charge on any atom is 0.242 e. The number of nitrogens with one attached hydrogen (secondary N) is 1. The van der Waals surface area contributed by atoms with Crippen LogP contribution in [0, 0.1) is 12.8 Å². The highest BCUT2D eigenvalue weighted by atomic mass is 32.2. The third kappa shape index (κ3) is 4.96. The van der Waals surface area contributed by atoms with E-state index in [1.54, 1.807) is 18.2 Å². The third-order valence-electron chi connectivity index (χ3n) is 6.32. The molecule has 0 spiro atoms. The van der Waals surface area contributed by atoms with Crippen molar-refractivity contribution in [2.45, 2.75) is 57.0 Å². The second kappa shape index (κ2) is 9.27. The summed E-state index contributed by atoms with van der Waals surface area (Å²) < 4.78 is 28.2. The molecule has 1 fully saturated rings. The molecular weight excluding hydrogens is 436 g/mol. The topological polar surface area (TPSA) is 84.3 Å². The summed E-state index contributed by atoms with van der Waals surface area (Å²) in [4.78, 5) is 17.7. The monoisotopic (exact) mass is 468 g/mol. The van der Waals surface area contributed by atoms with Crippen LogP contribution in [0.5, 0.6) is 0 Å². The first-order valence-electron chi connectivity index (χ1n) is 11.5. The van der Waals surface area contributed by atoms with Gasteiger partial charge in [-0.05, 0) is 56.4 Å². The SMILES string of the molecule is CCn1c(CCC(=O)NC(c2ccc(C)cc2)C2CC2)nc2cc(S(=O)(=O)N(C)C)ccc21. The summed E-state index contributed by atoms with van der Waals surface area (Å²) >= 11 is 0. The van der Waals surface area contributed by atoms with E-state index < -0.39 is 10.0 Å². The van der Waals surface area contributed by atoms with Crippen molar-refractivity contribution in [3.8, 4) is 0 Å². The Bertz CT molecular complexity index is 1260. The van der Waals surface area contributed by atoms with Gasteiger partial charge in [0.2, 0.25) is 15.9 Å². The Morgan fingerprint density at radius 3 is 2.48 bits per heavy atom. The van der Waals surface area contributed by atoms with Crippen molar-refractivity contribution in [3.63, 3.8) is 0 Å². The van der Waals surface area contributed by atoms with Crippen LogP contribution in [0.4, 0.5) is 0 Å². The van der Waals surface area contributed by atoms with Gasteiger partial charge in [0.25, 0.3) is 0 Å². The molecule has 1 heterocycles. The minimum Gasteiger partial charge on any atom is -0.349 e. The normalized spacial score (nSPS) is 15.2. The Balaban J connectivity index is 1.50. The number of aryl methyl sites for hydroxylation is 3. The second-order valence-electron chi connectivity index (χ2n) is 9.00. The largest absolute Gasteiger partial charge is 0.349 e. The van der Waals surface area contributed by atoms with Gasteiger partial charge in [-0.3, -0.25) is 4.79 Å². The maximum atomic E-state index is 12.8. The van der Waals surface area contributed by atoms with Gasteiger partial charge >= 0.3 is 0 Å². The molecule has 0 aliphatic heterocycles. The average Bonchev–Trinajstić information content (AvgIpc) is 3.56. The third-order valence-corrected chi connectivity index (χ3v) is 8.13. The van der Waals surface area contributed by atoms with Crippen molar-refractivity contribution in [3.05, 3.63) is 59.4 Å². The van der Waals surface area contributed by atoms with Gasteiger partial charge in [0.05, 0.1) is 22.0 Å². The number of rotatable bonds is 9. The number of fused-ring (bicyclic) bond motifs is 1. The number of carbonyl (C=O) groups is 1. The van der Waals surface area contributed by atoms with Crippen LogP contribution in [-0.2, 0) is 27.8 Å². The summed E-state index contributed by atoms with van der Waals surface area (Å²) in [5, 5.41) is 3.24. The van der Waals surface area contributed by atoms with E-state index in [4.69, 9.17) is 0 Å². The average molecular weight is 469 g/mol. The van der Waals surface area contributed by atoms with Crippen LogP contribution in [0.2, 0.25) is 0 Å². The zero-order chi connectivity index (χ0) is 23.8. The van der Waals surface area contributed by atoms with E-state index in [0.29, 0.717) is 30.8 Å². The maximum absolute atomic E-state index is 12.8. The van der Waals surface area contributed by atoms with E-state index in [1.807, 2.05) is 11.5 Å². The van der Waals surface area contributed by atoms with Gasteiger partial charge in [-0.15, -0.1) is 0 Å². The van der Waals surface area contributed by atoms with Crippen molar-refractivity contribution in [2.75, 3.05) is 14.1 Å². The number of carbonyl (C=O) groups excluding carboxylic acids is 1. The second-order valence-corrected chi connectivity index (χ2v) is 11.2. The molecule has 1 atom stereocenters. The predicted molar refractivity (Wildman–Crippen MR) is 129 cm³/mol. The van der Waals surface area contributed by atoms with Gasteiger partial charge in [-0.1, -0.05) is 29.8 Å². The Morgan fingerprint density at radius 2 is 1.88 bits per heavy atom. The van der Waals surface area contributed by atoms with E-state index in [1.165, 1.54) is 24.0 Å². The first-order chi connectivity index (χ1) is 15.7. The molecule has 0 bridgehead atoms. The molecule has 1 aliphatic carbocycles. The van der Waals surface area contributed by atoms with Gasteiger partial charge in [-0.25, -0.2) is 17.7 Å². The molecule has 1 unspecified atom stereocenters. The fourth-order valence-corrected chi connectivity index (χ4v) is 5.14. The molecule has 7 nitrogen and oxygen atoms in total. The van der Waals surface area contributed by atoms with E-state index in [9.17, 15) is 13.2 Å². The highest BCUT2D eigenvalue weighted by Crippen LogP contribution is 2.41. The highest BCUT2D eigenvalue weighted by molar-refractivity contribution is 7.89. The molecule has 4 rings (SSSR count). The van der Waals surface area contributed by atoms with Gasteiger partial charge in [0, 0.05) is 33.5 Å². The van der Waals surface area contributed by atoms with Crippen LogP contribution in [0.25, 0.3) is 11.0 Å². The fraction of sp³-hybridized carbons (Fsp3) is 0.440. The molecule has 8 heteroatoms. The smallest absolute Gasteiger partial charge is 0.242 e. The van der Waals surface area contributed by atoms with Crippen LogP contribution in [0.3, 0.4) is 0 Å². The number of sulfonamides is 1. The van der Waals surface area contributed by atoms with E-state index in [2.05, 4.69) is 41.5 Å².